The quantitative estimate of drug-likeness (QED) is 0.489. The van der Waals surface area contributed by atoms with Crippen LogP contribution in [0.15, 0.2) is 0 Å². The van der Waals surface area contributed by atoms with Crippen LogP contribution >= 0.6 is 0 Å². The minimum atomic E-state index is 0.309. The molecule has 1 heterocycles. The average molecular weight is 186 g/mol. The van der Waals surface area contributed by atoms with Gasteiger partial charge in [-0.1, -0.05) is 26.2 Å². The smallest absolute Gasteiger partial charge is 0.0867 e. The van der Waals surface area contributed by atoms with Gasteiger partial charge in [0.15, 0.2) is 0 Å². The fourth-order valence-corrected chi connectivity index (χ4v) is 1.99. The molecule has 3 unspecified atom stereocenters. The van der Waals surface area contributed by atoms with Crippen LogP contribution in [0.2, 0.25) is 0 Å². The molecule has 0 saturated carbocycles. The van der Waals surface area contributed by atoms with Crippen molar-refractivity contribution in [2.24, 2.45) is 5.92 Å². The second-order valence-electron chi connectivity index (χ2n) is 4.07. The van der Waals surface area contributed by atoms with E-state index < -0.39 is 0 Å². The van der Waals surface area contributed by atoms with Crippen molar-refractivity contribution in [3.63, 3.8) is 0 Å². The second-order valence-corrected chi connectivity index (χ2v) is 4.07. The van der Waals surface area contributed by atoms with Gasteiger partial charge in [-0.3, -0.25) is 0 Å². The summed E-state index contributed by atoms with van der Waals surface area (Å²) in [6.07, 6.45) is 6.90. The van der Waals surface area contributed by atoms with E-state index in [9.17, 15) is 0 Å². The van der Waals surface area contributed by atoms with Crippen molar-refractivity contribution in [1.29, 1.82) is 0 Å². The first-order valence-electron chi connectivity index (χ1n) is 5.56. The molecular weight excluding hydrogens is 164 g/mol. The van der Waals surface area contributed by atoms with Gasteiger partial charge >= 0.3 is 0 Å². The molecule has 1 aliphatic heterocycles. The van der Waals surface area contributed by atoms with Gasteiger partial charge in [-0.25, -0.2) is 0 Å². The predicted molar refractivity (Wildman–Crippen MR) is 53.7 cm³/mol. The summed E-state index contributed by atoms with van der Waals surface area (Å²) in [4.78, 5) is 0. The summed E-state index contributed by atoms with van der Waals surface area (Å²) < 4.78 is 5.45. The van der Waals surface area contributed by atoms with Gasteiger partial charge in [-0.15, -0.1) is 0 Å². The fraction of sp³-hybridized carbons (Fsp3) is 1.00. The molecule has 3 atom stereocenters. The third kappa shape index (κ3) is 3.65. The lowest BCUT2D eigenvalue weighted by Gasteiger charge is -2.12. The van der Waals surface area contributed by atoms with Gasteiger partial charge in [0.2, 0.25) is 0 Å². The lowest BCUT2D eigenvalue weighted by atomic mass is 9.93. The molecule has 0 aromatic heterocycles. The summed E-state index contributed by atoms with van der Waals surface area (Å²) in [5.41, 5.74) is 0. The van der Waals surface area contributed by atoms with Crippen molar-refractivity contribution in [3.05, 3.63) is 0 Å². The van der Waals surface area contributed by atoms with Gasteiger partial charge in [0.05, 0.1) is 12.2 Å². The van der Waals surface area contributed by atoms with E-state index in [-0.39, 0.29) is 0 Å². The van der Waals surface area contributed by atoms with Crippen LogP contribution in [0, 0.1) is 5.92 Å². The Balaban J connectivity index is 2.14. The first kappa shape index (κ1) is 11.0. The topological polar surface area (TPSA) is 32.8 Å². The summed E-state index contributed by atoms with van der Waals surface area (Å²) in [6.45, 7) is 4.65. The average Bonchev–Trinajstić information content (AvgIpc) is 2.82. The highest BCUT2D eigenvalue weighted by atomic mass is 16.6. The van der Waals surface area contributed by atoms with Crippen molar-refractivity contribution >= 4 is 0 Å². The molecule has 0 bridgehead atoms. The van der Waals surface area contributed by atoms with Crippen LogP contribution in [0.25, 0.3) is 0 Å². The van der Waals surface area contributed by atoms with Crippen LogP contribution < -0.4 is 0 Å². The van der Waals surface area contributed by atoms with Gasteiger partial charge in [-0.05, 0) is 25.7 Å². The van der Waals surface area contributed by atoms with Crippen molar-refractivity contribution in [1.82, 2.24) is 0 Å². The molecule has 13 heavy (non-hydrogen) atoms. The lowest BCUT2D eigenvalue weighted by molar-refractivity contribution is 0.220. The normalized spacial score (nSPS) is 28.8. The van der Waals surface area contributed by atoms with Gasteiger partial charge in [0.25, 0.3) is 0 Å². The molecule has 1 aliphatic rings. The van der Waals surface area contributed by atoms with E-state index >= 15 is 0 Å². The van der Waals surface area contributed by atoms with Crippen molar-refractivity contribution < 1.29 is 9.84 Å². The Morgan fingerprint density at radius 2 is 2.00 bits per heavy atom. The molecule has 1 N–H and O–H groups in total. The Labute approximate surface area is 81.3 Å². The highest BCUT2D eigenvalue weighted by Crippen LogP contribution is 2.34. The summed E-state index contributed by atoms with van der Waals surface area (Å²) in [7, 11) is 0. The molecule has 1 saturated heterocycles. The maximum Gasteiger partial charge on any atom is 0.0867 e. The molecule has 0 radical (unpaired) electrons. The Morgan fingerprint density at radius 3 is 2.46 bits per heavy atom. The fourth-order valence-electron chi connectivity index (χ4n) is 1.99. The Kier molecular flexibility index (Phi) is 4.74. The zero-order valence-electron chi connectivity index (χ0n) is 8.83. The van der Waals surface area contributed by atoms with Crippen LogP contribution in [0.3, 0.4) is 0 Å². The van der Waals surface area contributed by atoms with Gasteiger partial charge in [0.1, 0.15) is 0 Å². The number of aliphatic hydroxyl groups excluding tert-OH is 1. The number of unbranched alkanes of at least 4 members (excludes halogenated alkanes) is 2. The summed E-state index contributed by atoms with van der Waals surface area (Å²) >= 11 is 0. The van der Waals surface area contributed by atoms with Gasteiger partial charge < -0.3 is 9.84 Å². The summed E-state index contributed by atoms with van der Waals surface area (Å²) in [5, 5.41) is 8.90. The van der Waals surface area contributed by atoms with Crippen LogP contribution in [0.5, 0.6) is 0 Å². The maximum atomic E-state index is 8.90. The monoisotopic (exact) mass is 186 g/mol. The first-order valence-corrected chi connectivity index (χ1v) is 5.56. The number of epoxide rings is 1. The molecule has 2 nitrogen and oxygen atoms in total. The van der Waals surface area contributed by atoms with E-state index in [0.717, 1.165) is 6.42 Å². The largest absolute Gasteiger partial charge is 0.396 e. The summed E-state index contributed by atoms with van der Waals surface area (Å²) in [5.74, 6) is 0.603. The highest BCUT2D eigenvalue weighted by molar-refractivity contribution is 4.87. The third-order valence-corrected chi connectivity index (χ3v) is 2.90. The Hall–Kier alpha value is -0.0800. The number of ether oxygens (including phenoxy) is 1. The standard InChI is InChI=1S/C11H22O2/c1-3-4-5-6-10(7-8-12)11-9(2)13-11/h9-12H,3-8H2,1-2H3. The van der Waals surface area contributed by atoms with Crippen LogP contribution in [-0.4, -0.2) is 23.9 Å². The molecule has 0 aromatic carbocycles. The highest BCUT2D eigenvalue weighted by Gasteiger charge is 2.40. The molecule has 0 spiro atoms. The van der Waals surface area contributed by atoms with E-state index in [1.165, 1.54) is 25.7 Å². The molecular formula is C11H22O2. The SMILES string of the molecule is CCCCCC(CCO)C1OC1C. The second kappa shape index (κ2) is 5.61. The zero-order chi connectivity index (χ0) is 9.68. The predicted octanol–water partition coefficient (Wildman–Crippen LogP) is 2.35. The van der Waals surface area contributed by atoms with E-state index in [4.69, 9.17) is 9.84 Å². The minimum absolute atomic E-state index is 0.309. The minimum Gasteiger partial charge on any atom is -0.396 e. The van der Waals surface area contributed by atoms with Crippen molar-refractivity contribution in [3.8, 4) is 0 Å². The van der Waals surface area contributed by atoms with E-state index in [1.807, 2.05) is 0 Å². The zero-order valence-corrected chi connectivity index (χ0v) is 8.83. The molecule has 0 amide bonds. The molecule has 0 aromatic rings. The number of rotatable bonds is 7. The molecule has 1 fully saturated rings. The van der Waals surface area contributed by atoms with E-state index in [0.29, 0.717) is 24.7 Å². The lowest BCUT2D eigenvalue weighted by Crippen LogP contribution is -2.12. The molecule has 0 aliphatic carbocycles. The number of aliphatic hydroxyl groups is 1. The van der Waals surface area contributed by atoms with Crippen LogP contribution in [0.1, 0.15) is 46.0 Å². The van der Waals surface area contributed by atoms with Crippen LogP contribution in [0.4, 0.5) is 0 Å². The molecule has 1 rings (SSSR count). The Bertz CT molecular complexity index is 136. The van der Waals surface area contributed by atoms with Gasteiger partial charge in [-0.2, -0.15) is 0 Å². The van der Waals surface area contributed by atoms with Crippen molar-refractivity contribution in [2.45, 2.75) is 58.2 Å². The number of hydrogen-bond acceptors (Lipinski definition) is 2. The van der Waals surface area contributed by atoms with E-state index in [1.54, 1.807) is 0 Å². The molecule has 78 valence electrons. The van der Waals surface area contributed by atoms with Crippen molar-refractivity contribution in [2.75, 3.05) is 6.61 Å². The van der Waals surface area contributed by atoms with E-state index in [2.05, 4.69) is 13.8 Å². The first-order chi connectivity index (χ1) is 6.29. The molecule has 2 heteroatoms. The van der Waals surface area contributed by atoms with Gasteiger partial charge in [0, 0.05) is 6.61 Å². The third-order valence-electron chi connectivity index (χ3n) is 2.90. The van der Waals surface area contributed by atoms with Crippen LogP contribution in [-0.2, 0) is 4.74 Å². The number of hydrogen-bond donors (Lipinski definition) is 1. The Morgan fingerprint density at radius 1 is 1.31 bits per heavy atom. The summed E-state index contributed by atoms with van der Waals surface area (Å²) in [6, 6.07) is 0. The maximum absolute atomic E-state index is 8.90.